The summed E-state index contributed by atoms with van der Waals surface area (Å²) in [6.07, 6.45) is -0.236. The van der Waals surface area contributed by atoms with Gasteiger partial charge in [-0.2, -0.15) is 0 Å². The zero-order chi connectivity index (χ0) is 11.8. The molecule has 2 rings (SSSR count). The van der Waals surface area contributed by atoms with Crippen molar-refractivity contribution in [3.05, 3.63) is 47.4 Å². The minimum absolute atomic E-state index is 0.366. The predicted octanol–water partition coefficient (Wildman–Crippen LogP) is 1.23. The second-order valence-electron chi connectivity index (χ2n) is 3.76. The summed E-state index contributed by atoms with van der Waals surface area (Å²) in [6.45, 7) is 3.24. The van der Waals surface area contributed by atoms with E-state index in [9.17, 15) is 13.5 Å². The summed E-state index contributed by atoms with van der Waals surface area (Å²) in [5.41, 5.74) is 1.62. The molecule has 0 saturated heterocycles. The first-order valence-electron chi connectivity index (χ1n) is 4.95. The molecule has 0 heterocycles. The van der Waals surface area contributed by atoms with Crippen molar-refractivity contribution < 1.29 is 13.5 Å². The number of sulfonamides is 1. The third kappa shape index (κ3) is 2.02. The zero-order valence-corrected chi connectivity index (χ0v) is 9.44. The quantitative estimate of drug-likeness (QED) is 0.833. The molecule has 0 spiro atoms. The van der Waals surface area contributed by atoms with Crippen LogP contribution in [-0.4, -0.2) is 13.5 Å². The van der Waals surface area contributed by atoms with Crippen molar-refractivity contribution in [2.45, 2.75) is 18.6 Å². The summed E-state index contributed by atoms with van der Waals surface area (Å²) < 4.78 is 25.2. The topological polar surface area (TPSA) is 66.4 Å². The normalized spacial score (nSPS) is 24.1. The Morgan fingerprint density at radius 1 is 1.38 bits per heavy atom. The molecule has 0 radical (unpaired) electrons. The maximum Gasteiger partial charge on any atom is 0.233 e. The molecule has 0 unspecified atom stereocenters. The zero-order valence-electron chi connectivity index (χ0n) is 8.63. The van der Waals surface area contributed by atoms with Gasteiger partial charge in [0.15, 0.2) is 0 Å². The number of aliphatic hydroxyl groups excluding tert-OH is 1. The van der Waals surface area contributed by atoms with Gasteiger partial charge in [0.1, 0.15) is 0 Å². The summed E-state index contributed by atoms with van der Waals surface area (Å²) >= 11 is 0. The summed E-state index contributed by atoms with van der Waals surface area (Å²) in [6, 6.07) is 6.91. The number of rotatable bonds is 3. The summed E-state index contributed by atoms with van der Waals surface area (Å²) in [5.74, 6) is 0. The first-order chi connectivity index (χ1) is 7.53. The molecule has 86 valence electrons. The molecule has 0 aromatic heterocycles. The van der Waals surface area contributed by atoms with E-state index in [2.05, 4.69) is 11.3 Å². The molecule has 0 fully saturated rings. The number of fused-ring (bicyclic) bond motifs is 1. The monoisotopic (exact) mass is 239 g/mol. The highest BCUT2D eigenvalue weighted by Crippen LogP contribution is 2.38. The Bertz CT molecular complexity index is 510. The molecule has 1 aliphatic rings. The summed E-state index contributed by atoms with van der Waals surface area (Å²) in [7, 11) is -3.47. The minimum atomic E-state index is -3.47. The van der Waals surface area contributed by atoms with Gasteiger partial charge in [0.2, 0.25) is 10.0 Å². The van der Waals surface area contributed by atoms with Gasteiger partial charge in [0, 0.05) is 5.41 Å². The van der Waals surface area contributed by atoms with Gasteiger partial charge in [-0.1, -0.05) is 30.8 Å². The van der Waals surface area contributed by atoms with Crippen molar-refractivity contribution in [1.29, 1.82) is 0 Å². The average molecular weight is 239 g/mol. The first kappa shape index (κ1) is 11.3. The van der Waals surface area contributed by atoms with E-state index in [1.165, 1.54) is 0 Å². The fourth-order valence-corrected chi connectivity index (χ4v) is 2.68. The SMILES string of the molecule is C=CS(=O)(=O)N[C@H]1C[C@@H](O)c2ccccc21. The third-order valence-electron chi connectivity index (χ3n) is 2.72. The average Bonchev–Trinajstić information content (AvgIpc) is 2.56. The van der Waals surface area contributed by atoms with Crippen molar-refractivity contribution in [3.8, 4) is 0 Å². The maximum atomic E-state index is 11.4. The Morgan fingerprint density at radius 2 is 2.00 bits per heavy atom. The Labute approximate surface area is 94.7 Å². The van der Waals surface area contributed by atoms with Crippen LogP contribution in [0.1, 0.15) is 29.7 Å². The molecule has 0 amide bonds. The fraction of sp³-hybridized carbons (Fsp3) is 0.273. The van der Waals surface area contributed by atoms with E-state index >= 15 is 0 Å². The van der Waals surface area contributed by atoms with Crippen LogP contribution in [0, 0.1) is 0 Å². The minimum Gasteiger partial charge on any atom is -0.388 e. The second-order valence-corrected chi connectivity index (χ2v) is 5.42. The lowest BCUT2D eigenvalue weighted by Crippen LogP contribution is -2.25. The fourth-order valence-electron chi connectivity index (χ4n) is 1.97. The van der Waals surface area contributed by atoms with Crippen molar-refractivity contribution in [3.63, 3.8) is 0 Å². The van der Waals surface area contributed by atoms with Crippen LogP contribution in [-0.2, 0) is 10.0 Å². The van der Waals surface area contributed by atoms with Gasteiger partial charge in [-0.15, -0.1) is 0 Å². The highest BCUT2D eigenvalue weighted by atomic mass is 32.2. The van der Waals surface area contributed by atoms with Gasteiger partial charge in [-0.25, -0.2) is 13.1 Å². The van der Waals surface area contributed by atoms with Crippen LogP contribution in [0.3, 0.4) is 0 Å². The molecule has 1 aliphatic carbocycles. The number of aliphatic hydroxyl groups is 1. The van der Waals surface area contributed by atoms with E-state index in [0.29, 0.717) is 6.42 Å². The molecule has 4 nitrogen and oxygen atoms in total. The Kier molecular flexibility index (Phi) is 2.84. The van der Waals surface area contributed by atoms with Gasteiger partial charge in [-0.3, -0.25) is 0 Å². The van der Waals surface area contributed by atoms with E-state index in [0.717, 1.165) is 16.5 Å². The van der Waals surface area contributed by atoms with E-state index < -0.39 is 16.1 Å². The largest absolute Gasteiger partial charge is 0.388 e. The predicted molar refractivity (Wildman–Crippen MR) is 61.0 cm³/mol. The maximum absolute atomic E-state index is 11.4. The first-order valence-corrected chi connectivity index (χ1v) is 6.50. The molecule has 5 heteroatoms. The molecule has 2 N–H and O–H groups in total. The Morgan fingerprint density at radius 3 is 2.62 bits per heavy atom. The van der Waals surface area contributed by atoms with Crippen molar-refractivity contribution in [1.82, 2.24) is 4.72 Å². The highest BCUT2D eigenvalue weighted by molar-refractivity contribution is 7.92. The number of benzene rings is 1. The van der Waals surface area contributed by atoms with Crippen LogP contribution in [0.2, 0.25) is 0 Å². The van der Waals surface area contributed by atoms with E-state index in [-0.39, 0.29) is 6.04 Å². The highest BCUT2D eigenvalue weighted by Gasteiger charge is 2.31. The summed E-state index contributed by atoms with van der Waals surface area (Å²) in [5, 5.41) is 10.6. The third-order valence-corrected chi connectivity index (χ3v) is 3.77. The second kappa shape index (κ2) is 4.01. The molecule has 0 bridgehead atoms. The van der Waals surface area contributed by atoms with Crippen LogP contribution in [0.5, 0.6) is 0 Å². The van der Waals surface area contributed by atoms with Crippen LogP contribution in [0.25, 0.3) is 0 Å². The standard InChI is InChI=1S/C11H13NO3S/c1-2-16(14,15)12-10-7-11(13)9-6-4-3-5-8(9)10/h2-6,10-13H,1,7H2/t10-,11+/m0/s1. The smallest absolute Gasteiger partial charge is 0.233 e. The Balaban J connectivity index is 2.31. The van der Waals surface area contributed by atoms with Gasteiger partial charge in [-0.05, 0) is 17.5 Å². The molecular weight excluding hydrogens is 226 g/mol. The molecule has 1 aromatic carbocycles. The van der Waals surface area contributed by atoms with Crippen molar-refractivity contribution in [2.75, 3.05) is 0 Å². The van der Waals surface area contributed by atoms with Gasteiger partial charge in [0.05, 0.1) is 12.1 Å². The molecular formula is C11H13NO3S. The Hall–Kier alpha value is -1.17. The lowest BCUT2D eigenvalue weighted by atomic mass is 10.1. The van der Waals surface area contributed by atoms with Crippen LogP contribution in [0.15, 0.2) is 36.3 Å². The van der Waals surface area contributed by atoms with Gasteiger partial charge < -0.3 is 5.11 Å². The van der Waals surface area contributed by atoms with Gasteiger partial charge in [0.25, 0.3) is 0 Å². The molecule has 0 aliphatic heterocycles. The molecule has 2 atom stereocenters. The number of hydrogen-bond acceptors (Lipinski definition) is 3. The van der Waals surface area contributed by atoms with Gasteiger partial charge >= 0.3 is 0 Å². The van der Waals surface area contributed by atoms with E-state index in [1.807, 2.05) is 24.3 Å². The number of nitrogens with one attached hydrogen (secondary N) is 1. The lowest BCUT2D eigenvalue weighted by Gasteiger charge is -2.11. The van der Waals surface area contributed by atoms with E-state index in [4.69, 9.17) is 0 Å². The van der Waals surface area contributed by atoms with Crippen LogP contribution >= 0.6 is 0 Å². The molecule has 16 heavy (non-hydrogen) atoms. The lowest BCUT2D eigenvalue weighted by molar-refractivity contribution is 0.172. The van der Waals surface area contributed by atoms with Crippen LogP contribution in [0.4, 0.5) is 0 Å². The van der Waals surface area contributed by atoms with Crippen molar-refractivity contribution in [2.24, 2.45) is 0 Å². The summed E-state index contributed by atoms with van der Waals surface area (Å²) in [4.78, 5) is 0. The molecule has 0 saturated carbocycles. The van der Waals surface area contributed by atoms with E-state index in [1.54, 1.807) is 0 Å². The molecule has 1 aromatic rings. The van der Waals surface area contributed by atoms with Crippen molar-refractivity contribution >= 4 is 10.0 Å². The van der Waals surface area contributed by atoms with Crippen LogP contribution < -0.4 is 4.72 Å². The number of hydrogen-bond donors (Lipinski definition) is 2.